The van der Waals surface area contributed by atoms with E-state index in [1.807, 2.05) is 7.05 Å². The van der Waals surface area contributed by atoms with Crippen LogP contribution in [0.5, 0.6) is 0 Å². The highest BCUT2D eigenvalue weighted by Crippen LogP contribution is 2.13. The Hall–Kier alpha value is -1.68. The van der Waals surface area contributed by atoms with Gasteiger partial charge in [0.05, 0.1) is 0 Å². The molecule has 1 aliphatic heterocycles. The maximum atomic E-state index is 13.0. The van der Waals surface area contributed by atoms with Gasteiger partial charge in [-0.15, -0.1) is 0 Å². The van der Waals surface area contributed by atoms with Gasteiger partial charge < -0.3 is 15.6 Å². The second-order valence-electron chi connectivity index (χ2n) is 4.29. The molecule has 1 aromatic carbocycles. The second kappa shape index (κ2) is 5.10. The van der Waals surface area contributed by atoms with Crippen LogP contribution in [0.2, 0.25) is 0 Å². The van der Waals surface area contributed by atoms with Crippen LogP contribution >= 0.6 is 0 Å². The molecule has 2 rings (SSSR count). The Balaban J connectivity index is 2.06. The van der Waals surface area contributed by atoms with E-state index in [9.17, 15) is 4.39 Å². The van der Waals surface area contributed by atoms with E-state index in [1.54, 1.807) is 18.3 Å². The van der Waals surface area contributed by atoms with Crippen LogP contribution in [0.4, 0.5) is 10.1 Å². The van der Waals surface area contributed by atoms with Crippen LogP contribution in [0.15, 0.2) is 36.0 Å². The molecule has 1 fully saturated rings. The molecule has 1 heterocycles. The van der Waals surface area contributed by atoms with Gasteiger partial charge in [-0.2, -0.15) is 0 Å². The average Bonchev–Trinajstić information content (AvgIpc) is 2.30. The van der Waals surface area contributed by atoms with Gasteiger partial charge in [-0.1, -0.05) is 6.07 Å². The summed E-state index contributed by atoms with van der Waals surface area (Å²) in [7, 11) is 2.03. The Morgan fingerprint density at radius 1 is 1.47 bits per heavy atom. The van der Waals surface area contributed by atoms with E-state index in [2.05, 4.69) is 10.2 Å². The molecule has 17 heavy (non-hydrogen) atoms. The predicted molar refractivity (Wildman–Crippen MR) is 67.9 cm³/mol. The van der Waals surface area contributed by atoms with Gasteiger partial charge >= 0.3 is 0 Å². The standard InChI is InChI=1S/C13H16FN3/c1-17-6-5-13(15)10(9-17)8-16-12-4-2-3-11(14)7-12/h2-4,7-8,15-16H,5-6,9H2,1H3/b10-8-,15-13?. The Morgan fingerprint density at radius 3 is 3.06 bits per heavy atom. The summed E-state index contributed by atoms with van der Waals surface area (Å²) in [6.07, 6.45) is 2.57. The Bertz CT molecular complexity index is 454. The van der Waals surface area contributed by atoms with E-state index in [1.165, 1.54) is 12.1 Å². The van der Waals surface area contributed by atoms with Gasteiger partial charge in [0.15, 0.2) is 0 Å². The number of nitrogens with zero attached hydrogens (tertiary/aromatic N) is 1. The minimum Gasteiger partial charge on any atom is -0.361 e. The molecule has 0 atom stereocenters. The van der Waals surface area contributed by atoms with Crippen molar-refractivity contribution in [3.05, 3.63) is 41.9 Å². The minimum absolute atomic E-state index is 0.260. The fraction of sp³-hybridized carbons (Fsp3) is 0.308. The average molecular weight is 233 g/mol. The van der Waals surface area contributed by atoms with Gasteiger partial charge in [0.25, 0.3) is 0 Å². The monoisotopic (exact) mass is 233 g/mol. The molecule has 0 amide bonds. The maximum absolute atomic E-state index is 13.0. The summed E-state index contributed by atoms with van der Waals surface area (Å²) >= 11 is 0. The molecular formula is C13H16FN3. The zero-order valence-corrected chi connectivity index (χ0v) is 9.83. The van der Waals surface area contributed by atoms with Gasteiger partial charge in [-0.25, -0.2) is 4.39 Å². The van der Waals surface area contributed by atoms with E-state index in [-0.39, 0.29) is 5.82 Å². The SMILES string of the molecule is CN1CCC(=N)/C(=C\Nc2cccc(F)c2)C1. The number of halogens is 1. The van der Waals surface area contributed by atoms with Gasteiger partial charge in [-0.05, 0) is 25.2 Å². The first-order chi connectivity index (χ1) is 8.15. The number of benzene rings is 1. The van der Waals surface area contributed by atoms with Crippen LogP contribution in [0, 0.1) is 11.2 Å². The number of likely N-dealkylation sites (N-methyl/N-ethyl adjacent to an activating group) is 1. The number of anilines is 1. The zero-order chi connectivity index (χ0) is 12.3. The number of nitrogens with one attached hydrogen (secondary N) is 2. The van der Waals surface area contributed by atoms with Crippen molar-refractivity contribution < 1.29 is 4.39 Å². The summed E-state index contributed by atoms with van der Waals surface area (Å²) in [5.74, 6) is -0.260. The lowest BCUT2D eigenvalue weighted by molar-refractivity contribution is 0.364. The van der Waals surface area contributed by atoms with Gasteiger partial charge in [0, 0.05) is 42.7 Å². The van der Waals surface area contributed by atoms with E-state index in [0.717, 1.165) is 25.1 Å². The molecule has 0 aromatic heterocycles. The first-order valence-electron chi connectivity index (χ1n) is 5.62. The van der Waals surface area contributed by atoms with Gasteiger partial charge in [-0.3, -0.25) is 0 Å². The zero-order valence-electron chi connectivity index (χ0n) is 9.83. The van der Waals surface area contributed by atoms with Crippen molar-refractivity contribution in [2.24, 2.45) is 0 Å². The molecule has 0 bridgehead atoms. The van der Waals surface area contributed by atoms with Crippen LogP contribution in [-0.2, 0) is 0 Å². The highest BCUT2D eigenvalue weighted by atomic mass is 19.1. The molecular weight excluding hydrogens is 217 g/mol. The topological polar surface area (TPSA) is 39.1 Å². The third-order valence-corrected chi connectivity index (χ3v) is 2.81. The third kappa shape index (κ3) is 3.14. The van der Waals surface area contributed by atoms with Crippen molar-refractivity contribution in [2.45, 2.75) is 6.42 Å². The first kappa shape index (κ1) is 11.8. The molecule has 0 spiro atoms. The molecule has 1 aliphatic rings. The van der Waals surface area contributed by atoms with Crippen molar-refractivity contribution in [3.8, 4) is 0 Å². The molecule has 2 N–H and O–H groups in total. The summed E-state index contributed by atoms with van der Waals surface area (Å²) in [6.45, 7) is 1.69. The summed E-state index contributed by atoms with van der Waals surface area (Å²) in [4.78, 5) is 2.16. The molecule has 0 radical (unpaired) electrons. The molecule has 90 valence electrons. The number of rotatable bonds is 2. The Kier molecular flexibility index (Phi) is 3.54. The van der Waals surface area contributed by atoms with Crippen molar-refractivity contribution in [1.29, 1.82) is 5.41 Å². The Labute approximate surface area is 100 Å². The minimum atomic E-state index is -0.260. The lowest BCUT2D eigenvalue weighted by Crippen LogP contribution is -2.32. The largest absolute Gasteiger partial charge is 0.361 e. The molecule has 0 aliphatic carbocycles. The normalized spacial score (nSPS) is 19.6. The lowest BCUT2D eigenvalue weighted by Gasteiger charge is -2.25. The summed E-state index contributed by atoms with van der Waals surface area (Å²) in [5, 5.41) is 10.9. The second-order valence-corrected chi connectivity index (χ2v) is 4.29. The van der Waals surface area contributed by atoms with Crippen LogP contribution in [0.3, 0.4) is 0 Å². The number of hydrogen-bond donors (Lipinski definition) is 2. The summed E-state index contributed by atoms with van der Waals surface area (Å²) in [5.41, 5.74) is 2.33. The lowest BCUT2D eigenvalue weighted by atomic mass is 10.0. The first-order valence-corrected chi connectivity index (χ1v) is 5.62. The Morgan fingerprint density at radius 2 is 2.29 bits per heavy atom. The molecule has 0 unspecified atom stereocenters. The summed E-state index contributed by atoms with van der Waals surface area (Å²) in [6, 6.07) is 6.31. The van der Waals surface area contributed by atoms with Crippen molar-refractivity contribution >= 4 is 11.4 Å². The molecule has 1 aromatic rings. The van der Waals surface area contributed by atoms with E-state index in [0.29, 0.717) is 11.4 Å². The molecule has 1 saturated heterocycles. The van der Waals surface area contributed by atoms with E-state index < -0.39 is 0 Å². The smallest absolute Gasteiger partial charge is 0.125 e. The highest BCUT2D eigenvalue weighted by Gasteiger charge is 2.15. The van der Waals surface area contributed by atoms with Crippen LogP contribution < -0.4 is 5.32 Å². The van der Waals surface area contributed by atoms with E-state index in [4.69, 9.17) is 5.41 Å². The molecule has 0 saturated carbocycles. The van der Waals surface area contributed by atoms with Gasteiger partial charge in [0.2, 0.25) is 0 Å². The van der Waals surface area contributed by atoms with Crippen molar-refractivity contribution in [2.75, 3.05) is 25.5 Å². The number of piperidine rings is 1. The number of hydrogen-bond acceptors (Lipinski definition) is 3. The van der Waals surface area contributed by atoms with Crippen molar-refractivity contribution in [3.63, 3.8) is 0 Å². The van der Waals surface area contributed by atoms with Gasteiger partial charge in [0.1, 0.15) is 5.82 Å². The number of likely N-dealkylation sites (tertiary alicyclic amines) is 1. The fourth-order valence-electron chi connectivity index (χ4n) is 1.81. The van der Waals surface area contributed by atoms with Crippen LogP contribution in [0.1, 0.15) is 6.42 Å². The quantitative estimate of drug-likeness (QED) is 0.823. The fourth-order valence-corrected chi connectivity index (χ4v) is 1.81. The van der Waals surface area contributed by atoms with Crippen LogP contribution in [-0.4, -0.2) is 30.7 Å². The van der Waals surface area contributed by atoms with E-state index >= 15 is 0 Å². The maximum Gasteiger partial charge on any atom is 0.125 e. The predicted octanol–water partition coefficient (Wildman–Crippen LogP) is 2.48. The molecule has 4 heteroatoms. The van der Waals surface area contributed by atoms with Crippen molar-refractivity contribution in [1.82, 2.24) is 4.90 Å². The highest BCUT2D eigenvalue weighted by molar-refractivity contribution is 5.99. The van der Waals surface area contributed by atoms with Crippen LogP contribution in [0.25, 0.3) is 0 Å². The summed E-state index contributed by atoms with van der Waals surface area (Å²) < 4.78 is 13.0. The molecule has 3 nitrogen and oxygen atoms in total. The third-order valence-electron chi connectivity index (χ3n) is 2.81.